The molecule has 0 radical (unpaired) electrons. The Morgan fingerprint density at radius 1 is 1.17 bits per heavy atom. The van der Waals surface area contributed by atoms with Crippen LogP contribution in [0.25, 0.3) is 0 Å². The van der Waals surface area contributed by atoms with Crippen LogP contribution < -0.4 is 15.8 Å². The van der Waals surface area contributed by atoms with Crippen molar-refractivity contribution >= 4 is 33.3 Å². The lowest BCUT2D eigenvalue weighted by Gasteiger charge is -2.10. The maximum atomic E-state index is 11.9. The second-order valence-electron chi connectivity index (χ2n) is 5.28. The zero-order valence-electron chi connectivity index (χ0n) is 13.0. The molecule has 0 aromatic heterocycles. The molecule has 0 aliphatic rings. The molecule has 0 atom stereocenters. The first kappa shape index (κ1) is 18.3. The van der Waals surface area contributed by atoms with Gasteiger partial charge in [0.25, 0.3) is 0 Å². The monoisotopic (exact) mass is 367 g/mol. The number of rotatable bonds is 5. The minimum absolute atomic E-state index is 0.0633. The Balaban J connectivity index is 1.85. The minimum atomic E-state index is -3.69. The summed E-state index contributed by atoms with van der Waals surface area (Å²) in [6.07, 6.45) is 0.562. The molecule has 2 aromatic carbocycles. The zero-order chi connectivity index (χ0) is 17.7. The SMILES string of the molecule is Cc1ccc(Cl)cc1NC(=O)NCCc1ccc(S(N)(=O)=O)cc1. The van der Waals surface area contributed by atoms with Crippen molar-refractivity contribution in [3.63, 3.8) is 0 Å². The van der Waals surface area contributed by atoms with Crippen LogP contribution in [0.1, 0.15) is 11.1 Å². The average molecular weight is 368 g/mol. The third-order valence-electron chi connectivity index (χ3n) is 3.40. The van der Waals surface area contributed by atoms with Gasteiger partial charge in [-0.3, -0.25) is 0 Å². The van der Waals surface area contributed by atoms with E-state index in [4.69, 9.17) is 16.7 Å². The molecule has 2 amide bonds. The summed E-state index contributed by atoms with van der Waals surface area (Å²) in [4.78, 5) is 12.0. The Bertz CT molecular complexity index is 836. The van der Waals surface area contributed by atoms with Crippen LogP contribution in [0.5, 0.6) is 0 Å². The highest BCUT2D eigenvalue weighted by molar-refractivity contribution is 7.89. The Labute approximate surface area is 146 Å². The van der Waals surface area contributed by atoms with Gasteiger partial charge in [0, 0.05) is 17.3 Å². The number of nitrogens with one attached hydrogen (secondary N) is 2. The molecule has 0 heterocycles. The molecular formula is C16H18ClN3O3S. The van der Waals surface area contributed by atoms with Gasteiger partial charge >= 0.3 is 6.03 Å². The van der Waals surface area contributed by atoms with Crippen molar-refractivity contribution < 1.29 is 13.2 Å². The Morgan fingerprint density at radius 3 is 2.46 bits per heavy atom. The van der Waals surface area contributed by atoms with Gasteiger partial charge in [-0.2, -0.15) is 0 Å². The van der Waals surface area contributed by atoms with Crippen molar-refractivity contribution in [2.45, 2.75) is 18.2 Å². The molecule has 6 nitrogen and oxygen atoms in total. The summed E-state index contributed by atoms with van der Waals surface area (Å²) in [6.45, 7) is 2.28. The summed E-state index contributed by atoms with van der Waals surface area (Å²) in [5, 5.41) is 11.1. The quantitative estimate of drug-likeness (QED) is 0.757. The Hall–Kier alpha value is -2.09. The molecule has 0 aliphatic heterocycles. The van der Waals surface area contributed by atoms with Gasteiger partial charge in [-0.05, 0) is 48.7 Å². The molecule has 24 heavy (non-hydrogen) atoms. The van der Waals surface area contributed by atoms with E-state index in [0.29, 0.717) is 23.7 Å². The molecule has 0 aliphatic carbocycles. The smallest absolute Gasteiger partial charge is 0.319 e. The van der Waals surface area contributed by atoms with E-state index in [1.807, 2.05) is 13.0 Å². The standard InChI is InChI=1S/C16H18ClN3O3S/c1-11-2-5-13(17)10-15(11)20-16(21)19-9-8-12-3-6-14(7-4-12)24(18,22)23/h2-7,10H,8-9H2,1H3,(H2,18,22,23)(H2,19,20,21). The molecule has 2 rings (SSSR count). The summed E-state index contributed by atoms with van der Waals surface area (Å²) < 4.78 is 22.4. The van der Waals surface area contributed by atoms with Crippen LogP contribution in [-0.4, -0.2) is 21.0 Å². The minimum Gasteiger partial charge on any atom is -0.338 e. The lowest BCUT2D eigenvalue weighted by molar-refractivity contribution is 0.252. The number of anilines is 1. The van der Waals surface area contributed by atoms with Gasteiger partial charge in [0.15, 0.2) is 0 Å². The number of urea groups is 1. The lowest BCUT2D eigenvalue weighted by atomic mass is 10.1. The van der Waals surface area contributed by atoms with Crippen LogP contribution in [-0.2, 0) is 16.4 Å². The lowest BCUT2D eigenvalue weighted by Crippen LogP contribution is -2.30. The molecule has 0 unspecified atom stereocenters. The third-order valence-corrected chi connectivity index (χ3v) is 4.56. The van der Waals surface area contributed by atoms with Gasteiger partial charge in [-0.25, -0.2) is 18.4 Å². The van der Waals surface area contributed by atoms with Crippen molar-refractivity contribution in [2.75, 3.05) is 11.9 Å². The van der Waals surface area contributed by atoms with Crippen molar-refractivity contribution in [2.24, 2.45) is 5.14 Å². The highest BCUT2D eigenvalue weighted by Gasteiger charge is 2.07. The summed E-state index contributed by atoms with van der Waals surface area (Å²) in [6, 6.07) is 11.2. The molecule has 4 N–H and O–H groups in total. The van der Waals surface area contributed by atoms with E-state index in [1.54, 1.807) is 24.3 Å². The van der Waals surface area contributed by atoms with Crippen molar-refractivity contribution in [3.05, 3.63) is 58.6 Å². The topological polar surface area (TPSA) is 101 Å². The van der Waals surface area contributed by atoms with Crippen molar-refractivity contribution in [1.29, 1.82) is 0 Å². The van der Waals surface area contributed by atoms with Gasteiger partial charge in [-0.1, -0.05) is 29.8 Å². The number of aryl methyl sites for hydroxylation is 1. The fourth-order valence-corrected chi connectivity index (χ4v) is 2.75. The number of carbonyl (C=O) groups is 1. The molecule has 2 aromatic rings. The van der Waals surface area contributed by atoms with Gasteiger partial charge in [-0.15, -0.1) is 0 Å². The van der Waals surface area contributed by atoms with Crippen molar-refractivity contribution in [1.82, 2.24) is 5.32 Å². The normalized spacial score (nSPS) is 11.1. The summed E-state index contributed by atoms with van der Waals surface area (Å²) in [7, 11) is -3.69. The Morgan fingerprint density at radius 2 is 1.83 bits per heavy atom. The van der Waals surface area contributed by atoms with Crippen LogP contribution in [0.2, 0.25) is 5.02 Å². The van der Waals surface area contributed by atoms with E-state index in [2.05, 4.69) is 10.6 Å². The van der Waals surface area contributed by atoms with E-state index in [0.717, 1.165) is 11.1 Å². The first-order valence-electron chi connectivity index (χ1n) is 7.18. The first-order chi connectivity index (χ1) is 11.3. The summed E-state index contributed by atoms with van der Waals surface area (Å²) >= 11 is 5.91. The highest BCUT2D eigenvalue weighted by Crippen LogP contribution is 2.19. The van der Waals surface area contributed by atoms with E-state index in [-0.39, 0.29) is 10.9 Å². The molecular weight excluding hydrogens is 350 g/mol. The number of nitrogens with two attached hydrogens (primary N) is 1. The number of amides is 2. The maximum Gasteiger partial charge on any atom is 0.319 e. The zero-order valence-corrected chi connectivity index (χ0v) is 14.6. The van der Waals surface area contributed by atoms with E-state index in [1.165, 1.54) is 12.1 Å². The van der Waals surface area contributed by atoms with Gasteiger partial charge in [0.2, 0.25) is 10.0 Å². The molecule has 0 bridgehead atoms. The second-order valence-corrected chi connectivity index (χ2v) is 7.28. The number of primary sulfonamides is 1. The van der Waals surface area contributed by atoms with Crippen LogP contribution in [0.15, 0.2) is 47.4 Å². The second kappa shape index (κ2) is 7.65. The molecule has 128 valence electrons. The number of halogens is 1. The van der Waals surface area contributed by atoms with Crippen LogP contribution in [0, 0.1) is 6.92 Å². The van der Waals surface area contributed by atoms with Crippen LogP contribution in [0.4, 0.5) is 10.5 Å². The number of hydrogen-bond acceptors (Lipinski definition) is 3. The highest BCUT2D eigenvalue weighted by atomic mass is 35.5. The summed E-state index contributed by atoms with van der Waals surface area (Å²) in [5.41, 5.74) is 2.45. The summed E-state index contributed by atoms with van der Waals surface area (Å²) in [5.74, 6) is 0. The maximum absolute atomic E-state index is 11.9. The predicted octanol–water partition coefficient (Wildman–Crippen LogP) is 2.66. The van der Waals surface area contributed by atoms with E-state index in [9.17, 15) is 13.2 Å². The number of benzene rings is 2. The van der Waals surface area contributed by atoms with Crippen LogP contribution in [0.3, 0.4) is 0 Å². The van der Waals surface area contributed by atoms with E-state index < -0.39 is 10.0 Å². The largest absolute Gasteiger partial charge is 0.338 e. The number of carbonyl (C=O) groups excluding carboxylic acids is 1. The Kier molecular flexibility index (Phi) is 5.82. The number of sulfonamides is 1. The first-order valence-corrected chi connectivity index (χ1v) is 9.11. The van der Waals surface area contributed by atoms with E-state index >= 15 is 0 Å². The van der Waals surface area contributed by atoms with Gasteiger partial charge in [0.05, 0.1) is 4.90 Å². The average Bonchev–Trinajstić information content (AvgIpc) is 2.50. The fourth-order valence-electron chi connectivity index (χ4n) is 2.06. The fraction of sp³-hybridized carbons (Fsp3) is 0.188. The third kappa shape index (κ3) is 5.23. The molecule has 8 heteroatoms. The van der Waals surface area contributed by atoms with Gasteiger partial charge < -0.3 is 10.6 Å². The molecule has 0 spiro atoms. The molecule has 0 saturated carbocycles. The number of hydrogen-bond donors (Lipinski definition) is 3. The van der Waals surface area contributed by atoms with Gasteiger partial charge in [0.1, 0.15) is 0 Å². The van der Waals surface area contributed by atoms with Crippen molar-refractivity contribution in [3.8, 4) is 0 Å². The molecule has 0 saturated heterocycles. The predicted molar refractivity (Wildman–Crippen MR) is 94.7 cm³/mol. The van der Waals surface area contributed by atoms with Crippen LogP contribution >= 0.6 is 11.6 Å². The molecule has 0 fully saturated rings.